The van der Waals surface area contributed by atoms with E-state index in [0.717, 1.165) is 18.4 Å². The van der Waals surface area contributed by atoms with Gasteiger partial charge >= 0.3 is 0 Å². The van der Waals surface area contributed by atoms with Crippen molar-refractivity contribution in [1.29, 1.82) is 5.26 Å². The van der Waals surface area contributed by atoms with Crippen molar-refractivity contribution >= 4 is 5.91 Å². The van der Waals surface area contributed by atoms with E-state index in [1.54, 1.807) is 12.4 Å². The molecule has 0 fully saturated rings. The molecule has 1 heterocycles. The van der Waals surface area contributed by atoms with Crippen molar-refractivity contribution < 1.29 is 4.79 Å². The van der Waals surface area contributed by atoms with Crippen LogP contribution in [0.5, 0.6) is 0 Å². The molecule has 1 aromatic rings. The Morgan fingerprint density at radius 2 is 2.10 bits per heavy atom. The van der Waals surface area contributed by atoms with Crippen LogP contribution in [-0.4, -0.2) is 10.9 Å². The lowest BCUT2D eigenvalue weighted by Gasteiger charge is -2.26. The zero-order chi connectivity index (χ0) is 15.0. The first-order chi connectivity index (χ1) is 9.59. The number of carbonyl (C=O) groups is 1. The minimum Gasteiger partial charge on any atom is -0.348 e. The molecule has 1 rings (SSSR count). The first-order valence-corrected chi connectivity index (χ1v) is 7.21. The van der Waals surface area contributed by atoms with Crippen LogP contribution < -0.4 is 5.32 Å². The van der Waals surface area contributed by atoms with Crippen LogP contribution in [0.3, 0.4) is 0 Å². The second-order valence-electron chi connectivity index (χ2n) is 5.18. The Morgan fingerprint density at radius 3 is 2.55 bits per heavy atom. The first-order valence-electron chi connectivity index (χ1n) is 7.21. The third kappa shape index (κ3) is 3.80. The first kappa shape index (κ1) is 16.2. The lowest BCUT2D eigenvalue weighted by molar-refractivity contribution is -0.129. The van der Waals surface area contributed by atoms with Gasteiger partial charge in [-0.05, 0) is 31.4 Å². The van der Waals surface area contributed by atoms with Crippen LogP contribution in [0, 0.1) is 16.7 Å². The molecule has 4 nitrogen and oxygen atoms in total. The summed E-state index contributed by atoms with van der Waals surface area (Å²) in [6.07, 6.45) is 6.28. The largest absolute Gasteiger partial charge is 0.348 e. The number of amides is 1. The molecule has 1 aromatic heterocycles. The summed E-state index contributed by atoms with van der Waals surface area (Å²) >= 11 is 0. The number of pyridine rings is 1. The van der Waals surface area contributed by atoms with Crippen LogP contribution in [0.4, 0.5) is 0 Å². The van der Waals surface area contributed by atoms with Crippen LogP contribution in [0.1, 0.15) is 58.1 Å². The number of hydrogen-bond acceptors (Lipinski definition) is 3. The van der Waals surface area contributed by atoms with Gasteiger partial charge in [0.05, 0.1) is 12.1 Å². The summed E-state index contributed by atoms with van der Waals surface area (Å²) in [6, 6.07) is 5.87. The Labute approximate surface area is 121 Å². The third-order valence-corrected chi connectivity index (χ3v) is 3.53. The molecule has 1 unspecified atom stereocenters. The molecule has 0 aliphatic rings. The number of aromatic nitrogens is 1. The molecule has 1 amide bonds. The second-order valence-corrected chi connectivity index (χ2v) is 5.18. The number of hydrogen-bond donors (Lipinski definition) is 1. The smallest absolute Gasteiger partial charge is 0.240 e. The highest BCUT2D eigenvalue weighted by atomic mass is 16.2. The van der Waals surface area contributed by atoms with Crippen molar-refractivity contribution in [2.24, 2.45) is 5.41 Å². The van der Waals surface area contributed by atoms with E-state index in [1.165, 1.54) is 0 Å². The topological polar surface area (TPSA) is 65.8 Å². The highest BCUT2D eigenvalue weighted by Gasteiger charge is 2.37. The van der Waals surface area contributed by atoms with Crippen molar-refractivity contribution in [3.63, 3.8) is 0 Å². The molecule has 0 bridgehead atoms. The molecular weight excluding hydrogens is 250 g/mol. The second kappa shape index (κ2) is 7.64. The summed E-state index contributed by atoms with van der Waals surface area (Å²) in [5, 5.41) is 12.4. The van der Waals surface area contributed by atoms with Crippen LogP contribution in [0.2, 0.25) is 0 Å². The minimum absolute atomic E-state index is 0.141. The SMILES string of the molecule is CCCC(C#N)(CCC)C(=O)NC(C)c1cccnc1. The van der Waals surface area contributed by atoms with Crippen molar-refractivity contribution in [2.45, 2.75) is 52.5 Å². The van der Waals surface area contributed by atoms with Crippen molar-refractivity contribution in [3.05, 3.63) is 30.1 Å². The fraction of sp³-hybridized carbons (Fsp3) is 0.562. The Hall–Kier alpha value is -1.89. The normalized spacial score (nSPS) is 12.5. The maximum atomic E-state index is 12.5. The van der Waals surface area contributed by atoms with Crippen LogP contribution >= 0.6 is 0 Å². The van der Waals surface area contributed by atoms with Crippen molar-refractivity contribution in [1.82, 2.24) is 10.3 Å². The number of carbonyl (C=O) groups excluding carboxylic acids is 1. The maximum Gasteiger partial charge on any atom is 0.240 e. The lowest BCUT2D eigenvalue weighted by Crippen LogP contribution is -2.41. The van der Waals surface area contributed by atoms with E-state index in [2.05, 4.69) is 16.4 Å². The number of nitrogens with one attached hydrogen (secondary N) is 1. The van der Waals surface area contributed by atoms with E-state index in [9.17, 15) is 10.1 Å². The third-order valence-electron chi connectivity index (χ3n) is 3.53. The fourth-order valence-electron chi connectivity index (χ4n) is 2.42. The van der Waals surface area contributed by atoms with Gasteiger partial charge in [-0.3, -0.25) is 9.78 Å². The van der Waals surface area contributed by atoms with Gasteiger partial charge in [0, 0.05) is 12.4 Å². The van der Waals surface area contributed by atoms with Gasteiger partial charge < -0.3 is 5.32 Å². The van der Waals surface area contributed by atoms with Gasteiger partial charge in [-0.2, -0.15) is 5.26 Å². The van der Waals surface area contributed by atoms with Gasteiger partial charge in [0.15, 0.2) is 0 Å². The quantitative estimate of drug-likeness (QED) is 0.828. The number of rotatable bonds is 7. The highest BCUT2D eigenvalue weighted by Crippen LogP contribution is 2.30. The standard InChI is InChI=1S/C16H23N3O/c1-4-8-16(12-17,9-5-2)15(20)19-13(3)14-7-6-10-18-11-14/h6-7,10-11,13H,4-5,8-9H2,1-3H3,(H,19,20). The molecule has 0 spiro atoms. The zero-order valence-corrected chi connectivity index (χ0v) is 12.5. The molecule has 0 saturated carbocycles. The fourth-order valence-corrected chi connectivity index (χ4v) is 2.42. The van der Waals surface area contributed by atoms with E-state index in [-0.39, 0.29) is 11.9 Å². The Kier molecular flexibility index (Phi) is 6.17. The summed E-state index contributed by atoms with van der Waals surface area (Å²) < 4.78 is 0. The minimum atomic E-state index is -0.903. The molecule has 1 atom stereocenters. The van der Waals surface area contributed by atoms with E-state index in [0.29, 0.717) is 12.8 Å². The molecule has 0 aromatic carbocycles. The summed E-state index contributed by atoms with van der Waals surface area (Å²) in [6.45, 7) is 5.91. The van der Waals surface area contributed by atoms with Gasteiger partial charge in [0.25, 0.3) is 0 Å². The Bertz CT molecular complexity index is 458. The molecule has 1 N–H and O–H groups in total. The van der Waals surface area contributed by atoms with E-state index < -0.39 is 5.41 Å². The summed E-state index contributed by atoms with van der Waals surface area (Å²) in [7, 11) is 0. The van der Waals surface area contributed by atoms with Crippen LogP contribution in [0.25, 0.3) is 0 Å². The average Bonchev–Trinajstić information content (AvgIpc) is 2.47. The predicted octanol–water partition coefficient (Wildman–Crippen LogP) is 3.37. The van der Waals surface area contributed by atoms with Crippen LogP contribution in [0.15, 0.2) is 24.5 Å². The van der Waals surface area contributed by atoms with E-state index >= 15 is 0 Å². The highest BCUT2D eigenvalue weighted by molar-refractivity contribution is 5.85. The summed E-state index contributed by atoms with van der Waals surface area (Å²) in [5.74, 6) is -0.167. The van der Waals surface area contributed by atoms with Gasteiger partial charge in [0.1, 0.15) is 5.41 Å². The summed E-state index contributed by atoms with van der Waals surface area (Å²) in [4.78, 5) is 16.6. The molecule has 4 heteroatoms. The number of nitrogens with zero attached hydrogens (tertiary/aromatic N) is 2. The molecule has 108 valence electrons. The van der Waals surface area contributed by atoms with Crippen molar-refractivity contribution in [2.75, 3.05) is 0 Å². The predicted molar refractivity (Wildman–Crippen MR) is 78.7 cm³/mol. The monoisotopic (exact) mass is 273 g/mol. The van der Waals surface area contributed by atoms with Gasteiger partial charge in [0.2, 0.25) is 5.91 Å². The lowest BCUT2D eigenvalue weighted by atomic mass is 9.79. The molecule has 0 aliphatic heterocycles. The zero-order valence-electron chi connectivity index (χ0n) is 12.5. The molecule has 0 radical (unpaired) electrons. The molecular formula is C16H23N3O. The Morgan fingerprint density at radius 1 is 1.45 bits per heavy atom. The molecule has 0 aliphatic carbocycles. The average molecular weight is 273 g/mol. The van der Waals surface area contributed by atoms with E-state index in [4.69, 9.17) is 0 Å². The molecule has 0 saturated heterocycles. The summed E-state index contributed by atoms with van der Waals surface area (Å²) in [5.41, 5.74) is 0.0423. The van der Waals surface area contributed by atoms with Gasteiger partial charge in [-0.15, -0.1) is 0 Å². The van der Waals surface area contributed by atoms with Gasteiger partial charge in [-0.25, -0.2) is 0 Å². The number of nitriles is 1. The maximum absolute atomic E-state index is 12.5. The molecule has 20 heavy (non-hydrogen) atoms. The van der Waals surface area contributed by atoms with Crippen molar-refractivity contribution in [3.8, 4) is 6.07 Å². The van der Waals surface area contributed by atoms with Crippen LogP contribution in [-0.2, 0) is 4.79 Å². The Balaban J connectivity index is 2.84. The van der Waals surface area contributed by atoms with E-state index in [1.807, 2.05) is 32.9 Å². The van der Waals surface area contributed by atoms with Gasteiger partial charge in [-0.1, -0.05) is 32.8 Å².